The van der Waals surface area contributed by atoms with Gasteiger partial charge in [0.05, 0.1) is 11.0 Å². The first-order valence-corrected chi connectivity index (χ1v) is 11.1. The number of nitrogen functional groups attached to an aromatic ring is 1. The van der Waals surface area contributed by atoms with Crippen molar-refractivity contribution >= 4 is 33.0 Å². The van der Waals surface area contributed by atoms with Crippen LogP contribution in [0.5, 0.6) is 11.7 Å². The third-order valence-electron chi connectivity index (χ3n) is 5.68. The summed E-state index contributed by atoms with van der Waals surface area (Å²) in [5.74, 6) is -1.65. The molecule has 0 saturated carbocycles. The van der Waals surface area contributed by atoms with Crippen LogP contribution in [-0.4, -0.2) is 22.4 Å². The number of fused-ring (bicyclic) bond motifs is 2. The third kappa shape index (κ3) is 3.94. The van der Waals surface area contributed by atoms with E-state index in [1.54, 1.807) is 0 Å². The zero-order chi connectivity index (χ0) is 24.2. The molecule has 0 amide bonds. The summed E-state index contributed by atoms with van der Waals surface area (Å²) in [4.78, 5) is 18.8. The van der Waals surface area contributed by atoms with Crippen LogP contribution >= 0.6 is 11.3 Å². The molecule has 1 aliphatic rings. The molecule has 1 aromatic carbocycles. The molecule has 4 aromatic rings. The smallest absolute Gasteiger partial charge is 0.539 e. The standard InChI is InChI=1S/C22H17F3N4O4S/c1-10-2-7-15-11(8-10)9-14-16(26)19(34-20(14)27-15)18(30)17-21(31)33-28-29(17)12-3-5-13(6-4-12)32-22(23,24)25/h3-6,9-10H,2,7-8H2,1H3,(H2-,26,28,30,31). The molecular formula is C22H17F3N4O4S. The van der Waals surface area contributed by atoms with Crippen LogP contribution in [-0.2, 0) is 12.8 Å². The number of rotatable bonds is 4. The molecule has 34 heavy (non-hydrogen) atoms. The van der Waals surface area contributed by atoms with Gasteiger partial charge in [-0.15, -0.1) is 24.5 Å². The number of ether oxygens (including phenoxy) is 1. The number of hydrogen-bond donors (Lipinski definition) is 1. The molecule has 1 aliphatic carbocycles. The number of pyridine rings is 1. The third-order valence-corrected chi connectivity index (χ3v) is 6.79. The van der Waals surface area contributed by atoms with Crippen molar-refractivity contribution in [2.45, 2.75) is 32.5 Å². The van der Waals surface area contributed by atoms with Gasteiger partial charge in [-0.25, -0.2) is 4.98 Å². The van der Waals surface area contributed by atoms with Gasteiger partial charge in [0.25, 0.3) is 5.78 Å². The normalized spacial score (nSPS) is 15.9. The van der Waals surface area contributed by atoms with Crippen LogP contribution in [0.1, 0.15) is 40.0 Å². The molecule has 3 aromatic heterocycles. The number of nitrogens with zero attached hydrogens (tertiary/aromatic N) is 3. The average molecular weight is 490 g/mol. The highest BCUT2D eigenvalue weighted by atomic mass is 32.1. The van der Waals surface area contributed by atoms with Crippen molar-refractivity contribution in [3.8, 4) is 17.4 Å². The quantitative estimate of drug-likeness (QED) is 0.344. The van der Waals surface area contributed by atoms with Crippen molar-refractivity contribution in [2.24, 2.45) is 5.92 Å². The monoisotopic (exact) mass is 490 g/mol. The Balaban J connectivity index is 1.53. The zero-order valence-corrected chi connectivity index (χ0v) is 18.5. The molecule has 0 radical (unpaired) electrons. The van der Waals surface area contributed by atoms with Gasteiger partial charge in [-0.1, -0.05) is 6.92 Å². The summed E-state index contributed by atoms with van der Waals surface area (Å²) in [5, 5.41) is 16.6. The van der Waals surface area contributed by atoms with Crippen LogP contribution in [0.4, 0.5) is 18.9 Å². The van der Waals surface area contributed by atoms with Crippen molar-refractivity contribution < 1.29 is 37.0 Å². The number of benzene rings is 1. The van der Waals surface area contributed by atoms with Crippen molar-refractivity contribution in [2.75, 3.05) is 5.73 Å². The molecule has 3 heterocycles. The summed E-state index contributed by atoms with van der Waals surface area (Å²) >= 11 is 1.07. The van der Waals surface area contributed by atoms with Crippen molar-refractivity contribution in [3.05, 3.63) is 52.2 Å². The molecule has 12 heteroatoms. The lowest BCUT2D eigenvalue weighted by Gasteiger charge is -2.20. The summed E-state index contributed by atoms with van der Waals surface area (Å²) in [7, 11) is 0. The molecular weight excluding hydrogens is 473 g/mol. The second-order valence-corrected chi connectivity index (χ2v) is 9.13. The summed E-state index contributed by atoms with van der Waals surface area (Å²) in [6.07, 6.45) is -2.10. The molecule has 5 rings (SSSR count). The maximum absolute atomic E-state index is 13.3. The molecule has 8 nitrogen and oxygen atoms in total. The van der Waals surface area contributed by atoms with Gasteiger partial charge in [0, 0.05) is 23.2 Å². The lowest BCUT2D eigenvalue weighted by atomic mass is 9.87. The number of thiophene rings is 1. The van der Waals surface area contributed by atoms with Crippen LogP contribution in [0.15, 0.2) is 34.9 Å². The second-order valence-electron chi connectivity index (χ2n) is 8.13. The Kier molecular flexibility index (Phi) is 5.19. The number of aryl methyl sites for hydroxylation is 1. The number of halogens is 3. The largest absolute Gasteiger partial charge is 0.573 e. The number of hydrogen-bond acceptors (Lipinski definition) is 8. The first-order valence-electron chi connectivity index (χ1n) is 10.3. The first kappa shape index (κ1) is 22.1. The van der Waals surface area contributed by atoms with E-state index in [-0.39, 0.29) is 16.3 Å². The fourth-order valence-corrected chi connectivity index (χ4v) is 5.09. The molecule has 0 spiro atoms. The van der Waals surface area contributed by atoms with Gasteiger partial charge in [0.15, 0.2) is 5.95 Å². The average Bonchev–Trinajstić information content (AvgIpc) is 3.31. The Morgan fingerprint density at radius 3 is 2.76 bits per heavy atom. The van der Waals surface area contributed by atoms with Gasteiger partial charge >= 0.3 is 12.1 Å². The molecule has 0 aliphatic heterocycles. The summed E-state index contributed by atoms with van der Waals surface area (Å²) in [6.45, 7) is 2.17. The molecule has 0 fully saturated rings. The van der Waals surface area contributed by atoms with Crippen molar-refractivity contribution in [1.82, 2.24) is 10.3 Å². The van der Waals surface area contributed by atoms with Crippen molar-refractivity contribution in [1.29, 1.82) is 0 Å². The Morgan fingerprint density at radius 1 is 1.32 bits per heavy atom. The lowest BCUT2D eigenvalue weighted by molar-refractivity contribution is -0.672. The van der Waals surface area contributed by atoms with E-state index < -0.39 is 29.5 Å². The Bertz CT molecular complexity index is 1410. The van der Waals surface area contributed by atoms with E-state index in [9.17, 15) is 23.1 Å². The van der Waals surface area contributed by atoms with Crippen LogP contribution in [0, 0.1) is 5.92 Å². The van der Waals surface area contributed by atoms with E-state index in [1.165, 1.54) is 12.1 Å². The molecule has 1 unspecified atom stereocenters. The van der Waals surface area contributed by atoms with Gasteiger partial charge < -0.3 is 20.1 Å². The molecule has 0 bridgehead atoms. The van der Waals surface area contributed by atoms with Crippen LogP contribution in [0.2, 0.25) is 0 Å². The van der Waals surface area contributed by atoms with E-state index in [4.69, 9.17) is 10.7 Å². The highest BCUT2D eigenvalue weighted by Crippen LogP contribution is 2.37. The van der Waals surface area contributed by atoms with Gasteiger partial charge in [0.1, 0.15) is 15.5 Å². The van der Waals surface area contributed by atoms with E-state index in [0.717, 1.165) is 58.7 Å². The highest BCUT2D eigenvalue weighted by Gasteiger charge is 2.34. The van der Waals surface area contributed by atoms with Gasteiger partial charge in [-0.05, 0) is 53.6 Å². The molecule has 176 valence electrons. The fourth-order valence-electron chi connectivity index (χ4n) is 4.05. The maximum Gasteiger partial charge on any atom is 0.573 e. The Hall–Kier alpha value is -3.67. The van der Waals surface area contributed by atoms with Crippen LogP contribution in [0.25, 0.3) is 15.9 Å². The number of aromatic nitrogens is 3. The van der Waals surface area contributed by atoms with Crippen molar-refractivity contribution in [3.63, 3.8) is 0 Å². The van der Waals surface area contributed by atoms with Gasteiger partial charge in [-0.2, -0.15) is 0 Å². The Morgan fingerprint density at radius 2 is 2.06 bits per heavy atom. The number of carbonyl (C=O) groups is 1. The van der Waals surface area contributed by atoms with E-state index in [0.29, 0.717) is 16.1 Å². The lowest BCUT2D eigenvalue weighted by Crippen LogP contribution is -2.39. The van der Waals surface area contributed by atoms with E-state index in [1.807, 2.05) is 6.07 Å². The van der Waals surface area contributed by atoms with Gasteiger partial charge in [-0.3, -0.25) is 4.79 Å². The minimum atomic E-state index is -4.85. The highest BCUT2D eigenvalue weighted by molar-refractivity contribution is 7.21. The maximum atomic E-state index is 13.3. The number of nitrogens with two attached hydrogens (primary N) is 1. The second kappa shape index (κ2) is 7.97. The summed E-state index contributed by atoms with van der Waals surface area (Å²) < 4.78 is 46.7. The zero-order valence-electron chi connectivity index (χ0n) is 17.7. The molecule has 2 N–H and O–H groups in total. The predicted octanol–water partition coefficient (Wildman–Crippen LogP) is 3.47. The Labute approximate surface area is 194 Å². The van der Waals surface area contributed by atoms with E-state index >= 15 is 0 Å². The van der Waals surface area contributed by atoms with E-state index in [2.05, 4.69) is 21.5 Å². The summed E-state index contributed by atoms with van der Waals surface area (Å²) in [5.41, 5.74) is 8.29. The first-order chi connectivity index (χ1) is 16.1. The predicted molar refractivity (Wildman–Crippen MR) is 113 cm³/mol. The molecule has 1 atom stereocenters. The topological polar surface area (TPSA) is 118 Å². The minimum absolute atomic E-state index is 0.115. The number of carbonyl (C=O) groups excluding carboxylic acids is 1. The van der Waals surface area contributed by atoms with Gasteiger partial charge in [0.2, 0.25) is 5.69 Å². The van der Waals surface area contributed by atoms with Crippen LogP contribution < -0.4 is 20.3 Å². The van der Waals surface area contributed by atoms with Crippen LogP contribution in [0.3, 0.4) is 0 Å². The minimum Gasteiger partial charge on any atom is -0.539 e. The summed E-state index contributed by atoms with van der Waals surface area (Å²) in [6, 6.07) is 6.45. The fraction of sp³-hybridized carbons (Fsp3) is 0.273. The number of ketones is 1. The number of alkyl halides is 3. The molecule has 0 saturated heterocycles. The SMILES string of the molecule is CC1CCc2nc3sc(C(=O)c4c([O-])on[n+]4-c4ccc(OC(F)(F)F)cc4)c(N)c3cc2C1. The number of anilines is 1.